The lowest BCUT2D eigenvalue weighted by Crippen LogP contribution is -2.59. The van der Waals surface area contributed by atoms with E-state index in [1.54, 1.807) is 6.20 Å². The average molecular weight is 292 g/mol. The first-order chi connectivity index (χ1) is 10.1. The number of fused-ring (bicyclic) bond motifs is 1. The molecule has 1 aromatic heterocycles. The van der Waals surface area contributed by atoms with Gasteiger partial charge in [-0.15, -0.1) is 0 Å². The molecule has 2 saturated heterocycles. The molecule has 2 fully saturated rings. The fourth-order valence-electron chi connectivity index (χ4n) is 3.30. The summed E-state index contributed by atoms with van der Waals surface area (Å²) in [6, 6.07) is 0.311. The molecular weight excluding hydrogens is 268 g/mol. The Balaban J connectivity index is 1.75. The molecule has 1 aromatic rings. The Hall–Kier alpha value is -1.40. The largest absolute Gasteiger partial charge is 0.375 e. The fourth-order valence-corrected chi connectivity index (χ4v) is 3.30. The number of aromatic amines is 1. The maximum absolute atomic E-state index is 12.8. The summed E-state index contributed by atoms with van der Waals surface area (Å²) in [7, 11) is 2.12. The SMILES string of the molecule is CC(C)c1[nH]ncc1C(=O)N1CC[C@@H]2OCCN(C)[C@H]2C1. The summed E-state index contributed by atoms with van der Waals surface area (Å²) in [5.41, 5.74) is 1.64. The number of piperidine rings is 1. The second kappa shape index (κ2) is 5.77. The summed E-state index contributed by atoms with van der Waals surface area (Å²) in [5.74, 6) is 0.356. The topological polar surface area (TPSA) is 61.5 Å². The Bertz CT molecular complexity index is 514. The van der Waals surface area contributed by atoms with Crippen molar-refractivity contribution in [3.05, 3.63) is 17.5 Å². The van der Waals surface area contributed by atoms with Gasteiger partial charge in [0.1, 0.15) is 0 Å². The Morgan fingerprint density at radius 3 is 3.05 bits per heavy atom. The van der Waals surface area contributed by atoms with Gasteiger partial charge in [0.15, 0.2) is 0 Å². The van der Waals surface area contributed by atoms with Crippen LogP contribution in [0.5, 0.6) is 0 Å². The molecule has 1 N–H and O–H groups in total. The fraction of sp³-hybridized carbons (Fsp3) is 0.733. The number of carbonyl (C=O) groups excluding carboxylic acids is 1. The average Bonchev–Trinajstić information content (AvgIpc) is 2.96. The third-order valence-electron chi connectivity index (χ3n) is 4.63. The number of rotatable bonds is 2. The highest BCUT2D eigenvalue weighted by Gasteiger charge is 2.37. The van der Waals surface area contributed by atoms with E-state index in [9.17, 15) is 4.79 Å². The van der Waals surface area contributed by atoms with Crippen LogP contribution < -0.4 is 0 Å². The summed E-state index contributed by atoms with van der Waals surface area (Å²) in [4.78, 5) is 17.0. The number of likely N-dealkylation sites (N-methyl/N-ethyl adjacent to an activating group) is 1. The van der Waals surface area contributed by atoms with Crippen molar-refractivity contribution in [2.75, 3.05) is 33.3 Å². The highest BCUT2D eigenvalue weighted by molar-refractivity contribution is 5.95. The molecule has 3 rings (SSSR count). The van der Waals surface area contributed by atoms with Crippen molar-refractivity contribution in [3.8, 4) is 0 Å². The molecule has 2 aliphatic heterocycles. The van der Waals surface area contributed by atoms with Crippen LogP contribution in [0.2, 0.25) is 0 Å². The molecule has 116 valence electrons. The van der Waals surface area contributed by atoms with Gasteiger partial charge >= 0.3 is 0 Å². The lowest BCUT2D eigenvalue weighted by molar-refractivity contribution is -0.0893. The number of carbonyl (C=O) groups is 1. The molecule has 0 spiro atoms. The molecule has 1 amide bonds. The van der Waals surface area contributed by atoms with Crippen LogP contribution in [0.4, 0.5) is 0 Å². The maximum Gasteiger partial charge on any atom is 0.257 e. The zero-order valence-electron chi connectivity index (χ0n) is 13.0. The van der Waals surface area contributed by atoms with Crippen LogP contribution in [0, 0.1) is 0 Å². The van der Waals surface area contributed by atoms with Crippen molar-refractivity contribution in [2.45, 2.75) is 38.3 Å². The standard InChI is InChI=1S/C15H24N4O2/c1-10(2)14-11(8-16-17-14)15(20)19-5-4-13-12(9-19)18(3)6-7-21-13/h8,10,12-13H,4-7,9H2,1-3H3,(H,16,17)/t12-,13-/m0/s1. The first kappa shape index (κ1) is 14.5. The number of likely N-dealkylation sites (tertiary alicyclic amines) is 1. The van der Waals surface area contributed by atoms with E-state index in [-0.39, 0.29) is 17.9 Å². The first-order valence-corrected chi connectivity index (χ1v) is 7.72. The lowest BCUT2D eigenvalue weighted by Gasteiger charge is -2.45. The monoisotopic (exact) mass is 292 g/mol. The summed E-state index contributed by atoms with van der Waals surface area (Å²) in [5, 5.41) is 7.01. The predicted molar refractivity (Wildman–Crippen MR) is 79.4 cm³/mol. The maximum atomic E-state index is 12.8. The van der Waals surface area contributed by atoms with Crippen molar-refractivity contribution in [1.82, 2.24) is 20.0 Å². The second-order valence-corrected chi connectivity index (χ2v) is 6.35. The van der Waals surface area contributed by atoms with E-state index in [0.29, 0.717) is 11.6 Å². The summed E-state index contributed by atoms with van der Waals surface area (Å²) in [6.07, 6.45) is 2.84. The molecule has 0 saturated carbocycles. The number of amides is 1. The van der Waals surface area contributed by atoms with Gasteiger partial charge in [0.25, 0.3) is 5.91 Å². The summed E-state index contributed by atoms with van der Waals surface area (Å²) < 4.78 is 5.83. The van der Waals surface area contributed by atoms with E-state index in [4.69, 9.17) is 4.74 Å². The number of morpholine rings is 1. The Morgan fingerprint density at radius 2 is 2.29 bits per heavy atom. The Morgan fingerprint density at radius 1 is 1.48 bits per heavy atom. The van der Waals surface area contributed by atoms with Gasteiger partial charge in [0.05, 0.1) is 36.2 Å². The molecule has 0 unspecified atom stereocenters. The minimum atomic E-state index is 0.0878. The van der Waals surface area contributed by atoms with Crippen LogP contribution in [0.15, 0.2) is 6.20 Å². The number of aromatic nitrogens is 2. The van der Waals surface area contributed by atoms with Crippen LogP contribution in [-0.2, 0) is 4.74 Å². The molecule has 0 aromatic carbocycles. The predicted octanol–water partition coefficient (Wildman–Crippen LogP) is 1.08. The molecule has 2 aliphatic rings. The normalized spacial score (nSPS) is 27.0. The molecule has 0 bridgehead atoms. The number of nitrogens with zero attached hydrogens (tertiary/aromatic N) is 3. The number of ether oxygens (including phenoxy) is 1. The van der Waals surface area contributed by atoms with E-state index in [1.165, 1.54) is 0 Å². The Kier molecular flexibility index (Phi) is 3.99. The van der Waals surface area contributed by atoms with Crippen LogP contribution in [-0.4, -0.2) is 71.3 Å². The minimum absolute atomic E-state index is 0.0878. The van der Waals surface area contributed by atoms with Crippen molar-refractivity contribution >= 4 is 5.91 Å². The quantitative estimate of drug-likeness (QED) is 0.886. The number of H-pyrrole nitrogens is 1. The van der Waals surface area contributed by atoms with Crippen LogP contribution in [0.25, 0.3) is 0 Å². The molecule has 6 nitrogen and oxygen atoms in total. The lowest BCUT2D eigenvalue weighted by atomic mass is 9.98. The van der Waals surface area contributed by atoms with E-state index >= 15 is 0 Å². The molecular formula is C15H24N4O2. The van der Waals surface area contributed by atoms with E-state index in [2.05, 4.69) is 36.0 Å². The smallest absolute Gasteiger partial charge is 0.257 e. The van der Waals surface area contributed by atoms with Gasteiger partial charge in [-0.2, -0.15) is 5.10 Å². The van der Waals surface area contributed by atoms with Gasteiger partial charge < -0.3 is 9.64 Å². The highest BCUT2D eigenvalue weighted by Crippen LogP contribution is 2.24. The van der Waals surface area contributed by atoms with E-state index in [0.717, 1.165) is 38.4 Å². The van der Waals surface area contributed by atoms with Gasteiger partial charge in [-0.3, -0.25) is 14.8 Å². The first-order valence-electron chi connectivity index (χ1n) is 7.72. The van der Waals surface area contributed by atoms with Gasteiger partial charge in [0.2, 0.25) is 0 Å². The third kappa shape index (κ3) is 2.70. The number of nitrogens with one attached hydrogen (secondary N) is 1. The number of hydrogen-bond donors (Lipinski definition) is 1. The zero-order valence-corrected chi connectivity index (χ0v) is 13.0. The van der Waals surface area contributed by atoms with Gasteiger partial charge in [-0.1, -0.05) is 13.8 Å². The second-order valence-electron chi connectivity index (χ2n) is 6.35. The van der Waals surface area contributed by atoms with Crippen LogP contribution in [0.1, 0.15) is 42.2 Å². The molecule has 21 heavy (non-hydrogen) atoms. The summed E-state index contributed by atoms with van der Waals surface area (Å²) in [6.45, 7) is 7.37. The van der Waals surface area contributed by atoms with Crippen molar-refractivity contribution in [3.63, 3.8) is 0 Å². The van der Waals surface area contributed by atoms with Crippen LogP contribution in [0.3, 0.4) is 0 Å². The molecule has 6 heteroatoms. The van der Waals surface area contributed by atoms with Crippen molar-refractivity contribution in [1.29, 1.82) is 0 Å². The van der Waals surface area contributed by atoms with Crippen LogP contribution >= 0.6 is 0 Å². The van der Waals surface area contributed by atoms with Gasteiger partial charge in [-0.05, 0) is 19.4 Å². The molecule has 2 atom stereocenters. The van der Waals surface area contributed by atoms with Gasteiger partial charge in [0, 0.05) is 19.6 Å². The van der Waals surface area contributed by atoms with E-state index in [1.807, 2.05) is 4.90 Å². The van der Waals surface area contributed by atoms with Crippen molar-refractivity contribution in [2.24, 2.45) is 0 Å². The van der Waals surface area contributed by atoms with Gasteiger partial charge in [-0.25, -0.2) is 0 Å². The number of hydrogen-bond acceptors (Lipinski definition) is 4. The molecule has 0 radical (unpaired) electrons. The summed E-state index contributed by atoms with van der Waals surface area (Å²) >= 11 is 0. The van der Waals surface area contributed by atoms with Crippen molar-refractivity contribution < 1.29 is 9.53 Å². The third-order valence-corrected chi connectivity index (χ3v) is 4.63. The van der Waals surface area contributed by atoms with E-state index < -0.39 is 0 Å². The minimum Gasteiger partial charge on any atom is -0.375 e. The highest BCUT2D eigenvalue weighted by atomic mass is 16.5. The molecule has 0 aliphatic carbocycles. The zero-order chi connectivity index (χ0) is 15.0. The molecule has 3 heterocycles. The Labute approximate surface area is 125 Å².